The molecule has 0 spiro atoms. The van der Waals surface area contributed by atoms with Gasteiger partial charge in [-0.2, -0.15) is 4.31 Å². The van der Waals surface area contributed by atoms with Crippen LogP contribution < -0.4 is 10.1 Å². The van der Waals surface area contributed by atoms with Crippen LogP contribution in [0.2, 0.25) is 0 Å². The van der Waals surface area contributed by atoms with Crippen molar-refractivity contribution in [3.05, 3.63) is 18.2 Å². The summed E-state index contributed by atoms with van der Waals surface area (Å²) in [4.78, 5) is 12.3. The van der Waals surface area contributed by atoms with Crippen molar-refractivity contribution >= 4 is 21.6 Å². The molecule has 1 fully saturated rings. The normalized spacial score (nSPS) is 15.6. The largest absolute Gasteiger partial charge is 0.489 e. The van der Waals surface area contributed by atoms with E-state index in [9.17, 15) is 13.2 Å². The second-order valence-corrected chi connectivity index (χ2v) is 8.37. The monoisotopic (exact) mass is 416 g/mol. The molecule has 28 heavy (non-hydrogen) atoms. The molecule has 1 saturated heterocycles. The summed E-state index contributed by atoms with van der Waals surface area (Å²) in [5, 5.41) is 2.67. The fourth-order valence-electron chi connectivity index (χ4n) is 2.55. The highest BCUT2D eigenvalue weighted by Crippen LogP contribution is 2.30. The predicted octanol–water partition coefficient (Wildman–Crippen LogP) is 1.10. The number of nitrogens with zero attached hydrogens (tertiary/aromatic N) is 1. The Labute approximate surface area is 165 Å². The van der Waals surface area contributed by atoms with Gasteiger partial charge in [0, 0.05) is 20.2 Å². The number of amides is 1. The van der Waals surface area contributed by atoms with Crippen LogP contribution in [0.4, 0.5) is 5.69 Å². The maximum Gasteiger partial charge on any atom is 0.250 e. The Balaban J connectivity index is 2.20. The van der Waals surface area contributed by atoms with Crippen LogP contribution in [-0.4, -0.2) is 78.0 Å². The number of hydrogen-bond acceptors (Lipinski definition) is 7. The number of carbonyl (C=O) groups excluding carboxylic acids is 1. The molecule has 10 heteroatoms. The number of benzene rings is 1. The first-order valence-corrected chi connectivity index (χ1v) is 10.5. The maximum atomic E-state index is 12.9. The van der Waals surface area contributed by atoms with E-state index in [0.29, 0.717) is 38.7 Å². The molecular formula is C18H28N2O7S. The summed E-state index contributed by atoms with van der Waals surface area (Å²) >= 11 is 0. The molecule has 1 aliphatic rings. The van der Waals surface area contributed by atoms with Crippen molar-refractivity contribution < 1.29 is 32.2 Å². The molecule has 0 aromatic heterocycles. The van der Waals surface area contributed by atoms with Gasteiger partial charge in [-0.25, -0.2) is 8.42 Å². The Kier molecular flexibility index (Phi) is 8.64. The number of rotatable bonds is 10. The quantitative estimate of drug-likeness (QED) is 0.570. The number of ether oxygens (including phenoxy) is 4. The second-order valence-electron chi connectivity index (χ2n) is 6.43. The number of carbonyl (C=O) groups is 1. The number of sulfonamides is 1. The Bertz CT molecular complexity index is 746. The standard InChI is InChI=1S/C18H28N2O7S/c1-14(2)27-17-5-4-15(28(22,23)20-6-8-25-9-7-20)12-16(17)19-18(21)13-26-11-10-24-3/h4-5,12,14H,6-11,13H2,1-3H3,(H,19,21). The van der Waals surface area contributed by atoms with E-state index in [1.165, 1.54) is 16.4 Å². The first kappa shape index (κ1) is 22.6. The molecule has 0 atom stereocenters. The molecule has 2 rings (SSSR count). The van der Waals surface area contributed by atoms with Gasteiger partial charge in [0.1, 0.15) is 12.4 Å². The lowest BCUT2D eigenvalue weighted by molar-refractivity contribution is -0.121. The fraction of sp³-hybridized carbons (Fsp3) is 0.611. The van der Waals surface area contributed by atoms with Gasteiger partial charge in [0.05, 0.1) is 43.1 Å². The number of anilines is 1. The van der Waals surface area contributed by atoms with Gasteiger partial charge in [0.2, 0.25) is 15.9 Å². The van der Waals surface area contributed by atoms with Crippen molar-refractivity contribution in [3.8, 4) is 5.75 Å². The van der Waals surface area contributed by atoms with Gasteiger partial charge in [-0.1, -0.05) is 0 Å². The summed E-state index contributed by atoms with van der Waals surface area (Å²) in [5.74, 6) is -0.0215. The smallest absolute Gasteiger partial charge is 0.250 e. The van der Waals surface area contributed by atoms with Gasteiger partial charge in [0.25, 0.3) is 0 Å². The summed E-state index contributed by atoms with van der Waals surface area (Å²) in [5.41, 5.74) is 0.281. The van der Waals surface area contributed by atoms with Crippen molar-refractivity contribution in [2.75, 3.05) is 58.6 Å². The van der Waals surface area contributed by atoms with Crippen LogP contribution in [0, 0.1) is 0 Å². The highest BCUT2D eigenvalue weighted by Gasteiger charge is 2.27. The average Bonchev–Trinajstić information content (AvgIpc) is 2.67. The van der Waals surface area contributed by atoms with E-state index in [-0.39, 0.29) is 29.9 Å². The molecule has 1 aromatic rings. The third kappa shape index (κ3) is 6.42. The summed E-state index contributed by atoms with van der Waals surface area (Å²) < 4.78 is 48.1. The highest BCUT2D eigenvalue weighted by atomic mass is 32.2. The minimum atomic E-state index is -3.69. The summed E-state index contributed by atoms with van der Waals surface area (Å²) in [7, 11) is -2.15. The van der Waals surface area contributed by atoms with Crippen molar-refractivity contribution in [2.45, 2.75) is 24.8 Å². The Morgan fingerprint density at radius 2 is 1.96 bits per heavy atom. The van der Waals surface area contributed by atoms with Crippen LogP contribution in [0.3, 0.4) is 0 Å². The first-order chi connectivity index (χ1) is 13.3. The molecule has 0 saturated carbocycles. The minimum absolute atomic E-state index is 0.0844. The Morgan fingerprint density at radius 3 is 2.61 bits per heavy atom. The topological polar surface area (TPSA) is 103 Å². The summed E-state index contributed by atoms with van der Waals surface area (Å²) in [6.45, 7) is 5.48. The van der Waals surface area contributed by atoms with Crippen LogP contribution >= 0.6 is 0 Å². The van der Waals surface area contributed by atoms with E-state index in [4.69, 9.17) is 18.9 Å². The first-order valence-electron chi connectivity index (χ1n) is 9.09. The molecule has 1 aliphatic heterocycles. The fourth-order valence-corrected chi connectivity index (χ4v) is 3.99. The van der Waals surface area contributed by atoms with E-state index in [1.807, 2.05) is 13.8 Å². The van der Waals surface area contributed by atoms with E-state index >= 15 is 0 Å². The van der Waals surface area contributed by atoms with E-state index < -0.39 is 15.9 Å². The third-order valence-corrected chi connectivity index (χ3v) is 5.76. The highest BCUT2D eigenvalue weighted by molar-refractivity contribution is 7.89. The number of hydrogen-bond donors (Lipinski definition) is 1. The maximum absolute atomic E-state index is 12.9. The van der Waals surface area contributed by atoms with Crippen LogP contribution in [0.1, 0.15) is 13.8 Å². The molecule has 1 aromatic carbocycles. The predicted molar refractivity (Wildman–Crippen MR) is 103 cm³/mol. The van der Waals surface area contributed by atoms with Crippen LogP contribution in [0.25, 0.3) is 0 Å². The van der Waals surface area contributed by atoms with E-state index in [0.717, 1.165) is 0 Å². The molecule has 0 radical (unpaired) electrons. The third-order valence-electron chi connectivity index (χ3n) is 3.86. The molecule has 0 aliphatic carbocycles. The molecule has 0 bridgehead atoms. The Morgan fingerprint density at radius 1 is 1.25 bits per heavy atom. The molecule has 1 amide bonds. The SMILES string of the molecule is COCCOCC(=O)Nc1cc(S(=O)(=O)N2CCOCC2)ccc1OC(C)C. The minimum Gasteiger partial charge on any atom is -0.489 e. The molecule has 0 unspecified atom stereocenters. The second kappa shape index (κ2) is 10.7. The Hall–Kier alpha value is -1.72. The summed E-state index contributed by atoms with van der Waals surface area (Å²) in [6, 6.07) is 4.44. The van der Waals surface area contributed by atoms with Gasteiger partial charge >= 0.3 is 0 Å². The molecule has 9 nitrogen and oxygen atoms in total. The van der Waals surface area contributed by atoms with Crippen LogP contribution in [0.5, 0.6) is 5.75 Å². The van der Waals surface area contributed by atoms with Crippen molar-refractivity contribution in [1.82, 2.24) is 4.31 Å². The molecule has 158 valence electrons. The van der Waals surface area contributed by atoms with Crippen molar-refractivity contribution in [3.63, 3.8) is 0 Å². The molecular weight excluding hydrogens is 388 g/mol. The average molecular weight is 416 g/mol. The van der Waals surface area contributed by atoms with E-state index in [1.54, 1.807) is 13.2 Å². The number of morpholine rings is 1. The lowest BCUT2D eigenvalue weighted by Gasteiger charge is -2.26. The van der Waals surface area contributed by atoms with Gasteiger partial charge in [-0.15, -0.1) is 0 Å². The lowest BCUT2D eigenvalue weighted by Crippen LogP contribution is -2.40. The van der Waals surface area contributed by atoms with Gasteiger partial charge < -0.3 is 24.3 Å². The summed E-state index contributed by atoms with van der Waals surface area (Å²) in [6.07, 6.45) is -0.143. The van der Waals surface area contributed by atoms with E-state index in [2.05, 4.69) is 5.32 Å². The zero-order chi connectivity index (χ0) is 20.6. The van der Waals surface area contributed by atoms with Crippen molar-refractivity contribution in [1.29, 1.82) is 0 Å². The lowest BCUT2D eigenvalue weighted by atomic mass is 10.3. The van der Waals surface area contributed by atoms with Crippen LogP contribution in [0.15, 0.2) is 23.1 Å². The molecule has 1 heterocycles. The van der Waals surface area contributed by atoms with Crippen molar-refractivity contribution in [2.24, 2.45) is 0 Å². The van der Waals surface area contributed by atoms with Gasteiger partial charge in [-0.05, 0) is 32.0 Å². The number of methoxy groups -OCH3 is 1. The zero-order valence-corrected chi connectivity index (χ0v) is 17.3. The van der Waals surface area contributed by atoms with Gasteiger partial charge in [-0.3, -0.25) is 4.79 Å². The molecule has 1 N–H and O–H groups in total. The zero-order valence-electron chi connectivity index (χ0n) is 16.5. The van der Waals surface area contributed by atoms with Crippen LogP contribution in [-0.2, 0) is 29.0 Å². The number of nitrogens with one attached hydrogen (secondary N) is 1. The van der Waals surface area contributed by atoms with Gasteiger partial charge in [0.15, 0.2) is 0 Å².